The molecule has 0 radical (unpaired) electrons. The lowest BCUT2D eigenvalue weighted by molar-refractivity contribution is 0.0695. The number of hydrogen-bond donors (Lipinski definition) is 2. The molecule has 1 unspecified atom stereocenters. The zero-order valence-corrected chi connectivity index (χ0v) is 8.80. The van der Waals surface area contributed by atoms with Crippen LogP contribution in [0.1, 0.15) is 34.5 Å². The molecule has 14 heavy (non-hydrogen) atoms. The summed E-state index contributed by atoms with van der Waals surface area (Å²) in [6.45, 7) is 3.56. The van der Waals surface area contributed by atoms with Gasteiger partial charge < -0.3 is 10.8 Å². The van der Waals surface area contributed by atoms with Gasteiger partial charge in [-0.25, -0.2) is 4.79 Å². The van der Waals surface area contributed by atoms with Crippen LogP contribution in [0.4, 0.5) is 0 Å². The lowest BCUT2D eigenvalue weighted by Crippen LogP contribution is -2.13. The van der Waals surface area contributed by atoms with Crippen molar-refractivity contribution in [1.29, 1.82) is 0 Å². The fourth-order valence-corrected chi connectivity index (χ4v) is 1.81. The van der Waals surface area contributed by atoms with E-state index in [0.29, 0.717) is 10.6 Å². The summed E-state index contributed by atoms with van der Waals surface area (Å²) in [5.41, 5.74) is 7.33. The topological polar surface area (TPSA) is 63.3 Å². The standard InChI is InChI=1S/C10H12ClNO2/c1-5-3-7(11)4-8(10(13)14)9(5)6(2)12/h3-4,6H,12H2,1-2H3,(H,13,14). The highest BCUT2D eigenvalue weighted by molar-refractivity contribution is 6.31. The van der Waals surface area contributed by atoms with Gasteiger partial charge in [-0.2, -0.15) is 0 Å². The number of carbonyl (C=O) groups is 1. The van der Waals surface area contributed by atoms with Crippen molar-refractivity contribution in [2.75, 3.05) is 0 Å². The van der Waals surface area contributed by atoms with Crippen molar-refractivity contribution in [3.05, 3.63) is 33.8 Å². The van der Waals surface area contributed by atoms with Crippen molar-refractivity contribution in [2.24, 2.45) is 5.73 Å². The lowest BCUT2D eigenvalue weighted by Gasteiger charge is -2.13. The van der Waals surface area contributed by atoms with Crippen molar-refractivity contribution in [3.8, 4) is 0 Å². The Morgan fingerprint density at radius 2 is 2.14 bits per heavy atom. The molecule has 0 saturated carbocycles. The van der Waals surface area contributed by atoms with Crippen molar-refractivity contribution in [1.82, 2.24) is 0 Å². The smallest absolute Gasteiger partial charge is 0.336 e. The number of benzene rings is 1. The average Bonchev–Trinajstić information content (AvgIpc) is 2.01. The molecule has 0 aromatic heterocycles. The van der Waals surface area contributed by atoms with E-state index >= 15 is 0 Å². The maximum Gasteiger partial charge on any atom is 0.336 e. The van der Waals surface area contributed by atoms with Crippen molar-refractivity contribution in [2.45, 2.75) is 19.9 Å². The van der Waals surface area contributed by atoms with Crippen LogP contribution < -0.4 is 5.73 Å². The quantitative estimate of drug-likeness (QED) is 0.793. The van der Waals surface area contributed by atoms with Gasteiger partial charge in [0.25, 0.3) is 0 Å². The van der Waals surface area contributed by atoms with Gasteiger partial charge in [0.05, 0.1) is 5.56 Å². The maximum atomic E-state index is 10.9. The monoisotopic (exact) mass is 213 g/mol. The summed E-state index contributed by atoms with van der Waals surface area (Å²) in [5.74, 6) is -0.997. The third-order valence-electron chi connectivity index (χ3n) is 2.04. The van der Waals surface area contributed by atoms with E-state index in [2.05, 4.69) is 0 Å². The fourth-order valence-electron chi connectivity index (χ4n) is 1.54. The predicted octanol–water partition coefficient (Wildman–Crippen LogP) is 2.37. The van der Waals surface area contributed by atoms with Gasteiger partial charge in [0.15, 0.2) is 0 Å². The predicted molar refractivity (Wildman–Crippen MR) is 55.8 cm³/mol. The Bertz CT molecular complexity index is 375. The van der Waals surface area contributed by atoms with E-state index in [1.807, 2.05) is 0 Å². The lowest BCUT2D eigenvalue weighted by atomic mass is 9.97. The first kappa shape index (κ1) is 11.0. The number of nitrogens with two attached hydrogens (primary N) is 1. The summed E-state index contributed by atoms with van der Waals surface area (Å²) in [6.07, 6.45) is 0. The second kappa shape index (κ2) is 3.98. The van der Waals surface area contributed by atoms with Gasteiger partial charge >= 0.3 is 5.97 Å². The highest BCUT2D eigenvalue weighted by Crippen LogP contribution is 2.24. The molecule has 0 spiro atoms. The van der Waals surface area contributed by atoms with Crippen LogP contribution >= 0.6 is 11.6 Å². The SMILES string of the molecule is Cc1cc(Cl)cc(C(=O)O)c1C(C)N. The third kappa shape index (κ3) is 2.05. The first-order valence-corrected chi connectivity index (χ1v) is 4.60. The van der Waals surface area contributed by atoms with E-state index < -0.39 is 5.97 Å². The van der Waals surface area contributed by atoms with Gasteiger partial charge in [0, 0.05) is 11.1 Å². The zero-order valence-electron chi connectivity index (χ0n) is 8.04. The van der Waals surface area contributed by atoms with Gasteiger partial charge in [0.1, 0.15) is 0 Å². The van der Waals surface area contributed by atoms with E-state index in [4.69, 9.17) is 22.4 Å². The largest absolute Gasteiger partial charge is 0.478 e. The van der Waals surface area contributed by atoms with Gasteiger partial charge in [-0.1, -0.05) is 11.6 Å². The summed E-state index contributed by atoms with van der Waals surface area (Å²) in [5, 5.41) is 9.37. The molecule has 3 N–H and O–H groups in total. The van der Waals surface area contributed by atoms with E-state index in [1.165, 1.54) is 6.07 Å². The first-order valence-electron chi connectivity index (χ1n) is 4.22. The molecule has 0 fully saturated rings. The average molecular weight is 214 g/mol. The molecular formula is C10H12ClNO2. The summed E-state index contributed by atoms with van der Waals surface area (Å²) >= 11 is 5.77. The third-order valence-corrected chi connectivity index (χ3v) is 2.26. The molecule has 4 heteroatoms. The van der Waals surface area contributed by atoms with Gasteiger partial charge in [-0.3, -0.25) is 0 Å². The number of halogens is 1. The maximum absolute atomic E-state index is 10.9. The number of aryl methyl sites for hydroxylation is 1. The highest BCUT2D eigenvalue weighted by atomic mass is 35.5. The minimum absolute atomic E-state index is 0.185. The molecule has 0 aliphatic rings. The number of aromatic carboxylic acids is 1. The molecule has 1 aromatic carbocycles. The van der Waals surface area contributed by atoms with Crippen LogP contribution in [0, 0.1) is 6.92 Å². The minimum atomic E-state index is -0.997. The normalized spacial score (nSPS) is 12.6. The van der Waals surface area contributed by atoms with Crippen LogP contribution in [-0.4, -0.2) is 11.1 Å². The molecule has 0 heterocycles. The second-order valence-corrected chi connectivity index (χ2v) is 3.71. The number of carboxylic acids is 1. The Hall–Kier alpha value is -1.06. The molecule has 1 aromatic rings. The van der Waals surface area contributed by atoms with E-state index in [0.717, 1.165) is 5.56 Å². The summed E-state index contributed by atoms with van der Waals surface area (Å²) in [6, 6.07) is 2.83. The van der Waals surface area contributed by atoms with Gasteiger partial charge in [0.2, 0.25) is 0 Å². The summed E-state index contributed by atoms with van der Waals surface area (Å²) in [7, 11) is 0. The molecule has 0 bridgehead atoms. The van der Waals surface area contributed by atoms with Crippen molar-refractivity contribution in [3.63, 3.8) is 0 Å². The number of hydrogen-bond acceptors (Lipinski definition) is 2. The molecule has 3 nitrogen and oxygen atoms in total. The fraction of sp³-hybridized carbons (Fsp3) is 0.300. The highest BCUT2D eigenvalue weighted by Gasteiger charge is 2.16. The Balaban J connectivity index is 3.44. The van der Waals surface area contributed by atoms with Crippen LogP contribution in [-0.2, 0) is 0 Å². The van der Waals surface area contributed by atoms with Crippen LogP contribution in [0.25, 0.3) is 0 Å². The second-order valence-electron chi connectivity index (χ2n) is 3.28. The van der Waals surface area contributed by atoms with E-state index in [9.17, 15) is 4.79 Å². The van der Waals surface area contributed by atoms with Crippen molar-refractivity contribution >= 4 is 17.6 Å². The van der Waals surface area contributed by atoms with Crippen LogP contribution in [0.2, 0.25) is 5.02 Å². The van der Waals surface area contributed by atoms with Crippen LogP contribution in [0.5, 0.6) is 0 Å². The van der Waals surface area contributed by atoms with E-state index in [1.54, 1.807) is 19.9 Å². The van der Waals surface area contributed by atoms with Crippen molar-refractivity contribution < 1.29 is 9.90 Å². The molecule has 0 aliphatic heterocycles. The minimum Gasteiger partial charge on any atom is -0.478 e. The zero-order chi connectivity index (χ0) is 10.9. The first-order chi connectivity index (χ1) is 6.43. The molecule has 1 atom stereocenters. The molecular weight excluding hydrogens is 202 g/mol. The van der Waals surface area contributed by atoms with Crippen LogP contribution in [0.3, 0.4) is 0 Å². The summed E-state index contributed by atoms with van der Waals surface area (Å²) in [4.78, 5) is 10.9. The molecule has 1 rings (SSSR count). The van der Waals surface area contributed by atoms with Gasteiger partial charge in [-0.15, -0.1) is 0 Å². The van der Waals surface area contributed by atoms with Gasteiger partial charge in [-0.05, 0) is 37.1 Å². The Morgan fingerprint density at radius 1 is 1.57 bits per heavy atom. The molecule has 0 amide bonds. The molecule has 0 saturated heterocycles. The molecule has 0 aliphatic carbocycles. The Kier molecular flexibility index (Phi) is 3.13. The van der Waals surface area contributed by atoms with E-state index in [-0.39, 0.29) is 11.6 Å². The van der Waals surface area contributed by atoms with Crippen LogP contribution in [0.15, 0.2) is 12.1 Å². The molecule has 76 valence electrons. The number of carboxylic acid groups (broad SMARTS) is 1. The Labute approximate surface area is 87.5 Å². The number of rotatable bonds is 2. The summed E-state index contributed by atoms with van der Waals surface area (Å²) < 4.78 is 0. The Morgan fingerprint density at radius 3 is 2.57 bits per heavy atom.